The highest BCUT2D eigenvalue weighted by Gasteiger charge is 2.26. The molecule has 0 heterocycles. The van der Waals surface area contributed by atoms with Crippen molar-refractivity contribution in [3.8, 4) is 0 Å². The summed E-state index contributed by atoms with van der Waals surface area (Å²) in [4.78, 5) is 0. The van der Waals surface area contributed by atoms with E-state index >= 15 is 0 Å². The van der Waals surface area contributed by atoms with E-state index in [1.807, 2.05) is 13.0 Å². The molecule has 0 saturated carbocycles. The molecule has 1 rings (SSSR count). The fourth-order valence-electron chi connectivity index (χ4n) is 1.77. The largest absolute Gasteiger partial charge is 0.390 e. The van der Waals surface area contributed by atoms with Crippen molar-refractivity contribution in [1.82, 2.24) is 0 Å². The van der Waals surface area contributed by atoms with Crippen LogP contribution in [0.25, 0.3) is 0 Å². The lowest BCUT2D eigenvalue weighted by Gasteiger charge is -2.24. The molecule has 0 saturated heterocycles. The standard InChI is InChI=1S/C12H18Cl2O2/c1-2-3-7-10(15)12(16)11-8(13)5-4-6-9(11)14/h5,10,12,15-16H,2-4,6-7H2,1H3/t10-,12+/m0/s1. The summed E-state index contributed by atoms with van der Waals surface area (Å²) in [6.07, 6.45) is 3.98. The normalized spacial score (nSPS) is 20.7. The number of hydrogen-bond acceptors (Lipinski definition) is 2. The van der Waals surface area contributed by atoms with Crippen LogP contribution in [0.2, 0.25) is 0 Å². The summed E-state index contributed by atoms with van der Waals surface area (Å²) < 4.78 is 0. The highest BCUT2D eigenvalue weighted by atomic mass is 35.5. The number of hydrogen-bond donors (Lipinski definition) is 2. The van der Waals surface area contributed by atoms with Crippen molar-refractivity contribution in [3.05, 3.63) is 21.7 Å². The van der Waals surface area contributed by atoms with E-state index in [-0.39, 0.29) is 0 Å². The van der Waals surface area contributed by atoms with Crippen LogP contribution in [-0.4, -0.2) is 22.4 Å². The van der Waals surface area contributed by atoms with E-state index in [1.165, 1.54) is 0 Å². The molecule has 2 nitrogen and oxygen atoms in total. The molecule has 1 aliphatic carbocycles. The predicted molar refractivity (Wildman–Crippen MR) is 67.6 cm³/mol. The Labute approximate surface area is 107 Å². The fourth-order valence-corrected chi connectivity index (χ4v) is 2.47. The maximum atomic E-state index is 9.99. The van der Waals surface area contributed by atoms with Gasteiger partial charge in [0.15, 0.2) is 0 Å². The van der Waals surface area contributed by atoms with Gasteiger partial charge in [-0.3, -0.25) is 0 Å². The van der Waals surface area contributed by atoms with Gasteiger partial charge in [-0.2, -0.15) is 0 Å². The lowest BCUT2D eigenvalue weighted by Crippen LogP contribution is -2.29. The van der Waals surface area contributed by atoms with Gasteiger partial charge in [-0.15, -0.1) is 0 Å². The van der Waals surface area contributed by atoms with E-state index in [1.54, 1.807) is 0 Å². The van der Waals surface area contributed by atoms with E-state index in [0.717, 1.165) is 19.3 Å². The van der Waals surface area contributed by atoms with E-state index in [4.69, 9.17) is 23.2 Å². The van der Waals surface area contributed by atoms with Gasteiger partial charge in [-0.25, -0.2) is 0 Å². The summed E-state index contributed by atoms with van der Waals surface area (Å²) in [6.45, 7) is 2.04. The number of aliphatic hydroxyl groups is 2. The minimum absolute atomic E-state index is 0.472. The molecule has 0 aromatic heterocycles. The number of allylic oxidation sites excluding steroid dienone is 2. The minimum atomic E-state index is -0.969. The Kier molecular flexibility index (Phi) is 5.84. The van der Waals surface area contributed by atoms with Crippen molar-refractivity contribution in [3.63, 3.8) is 0 Å². The molecule has 16 heavy (non-hydrogen) atoms. The summed E-state index contributed by atoms with van der Waals surface area (Å²) >= 11 is 12.0. The lowest BCUT2D eigenvalue weighted by molar-refractivity contribution is 0.0363. The van der Waals surface area contributed by atoms with Crippen LogP contribution in [0, 0.1) is 0 Å². The first-order chi connectivity index (χ1) is 7.57. The molecule has 2 atom stereocenters. The van der Waals surface area contributed by atoms with Crippen LogP contribution in [0.3, 0.4) is 0 Å². The Bertz CT molecular complexity index is 297. The van der Waals surface area contributed by atoms with Gasteiger partial charge < -0.3 is 10.2 Å². The Balaban J connectivity index is 2.71. The van der Waals surface area contributed by atoms with E-state index < -0.39 is 12.2 Å². The maximum Gasteiger partial charge on any atom is 0.107 e. The molecule has 0 radical (unpaired) electrons. The number of unbranched alkanes of at least 4 members (excludes halogenated alkanes) is 1. The number of rotatable bonds is 5. The van der Waals surface area contributed by atoms with Crippen molar-refractivity contribution in [2.45, 2.75) is 51.2 Å². The molecule has 92 valence electrons. The summed E-state index contributed by atoms with van der Waals surface area (Å²) in [5.74, 6) is 0. The molecule has 1 aliphatic rings. The Morgan fingerprint density at radius 2 is 2.06 bits per heavy atom. The molecule has 0 spiro atoms. The Morgan fingerprint density at radius 1 is 1.38 bits per heavy atom. The highest BCUT2D eigenvalue weighted by Crippen LogP contribution is 2.33. The summed E-state index contributed by atoms with van der Waals surface area (Å²) in [7, 11) is 0. The first-order valence-corrected chi connectivity index (χ1v) is 6.44. The second kappa shape index (κ2) is 6.65. The molecule has 0 aromatic rings. The predicted octanol–water partition coefficient (Wildman–Crippen LogP) is 3.31. The van der Waals surface area contributed by atoms with Crippen LogP contribution in [0.4, 0.5) is 0 Å². The Morgan fingerprint density at radius 3 is 2.62 bits per heavy atom. The van der Waals surface area contributed by atoms with Crippen LogP contribution < -0.4 is 0 Å². The Hall–Kier alpha value is -0.0200. The fraction of sp³-hybridized carbons (Fsp3) is 0.667. The molecule has 4 heteroatoms. The zero-order valence-electron chi connectivity index (χ0n) is 9.42. The molecular weight excluding hydrogens is 247 g/mol. The van der Waals surface area contributed by atoms with Gasteiger partial charge in [-0.1, -0.05) is 49.0 Å². The molecule has 0 bridgehead atoms. The summed E-state index contributed by atoms with van der Waals surface area (Å²) in [5.41, 5.74) is 0.498. The van der Waals surface area contributed by atoms with Crippen LogP contribution in [0.5, 0.6) is 0 Å². The van der Waals surface area contributed by atoms with Crippen LogP contribution in [0.1, 0.15) is 39.0 Å². The zero-order chi connectivity index (χ0) is 12.1. The third kappa shape index (κ3) is 3.49. The topological polar surface area (TPSA) is 40.5 Å². The molecule has 0 unspecified atom stereocenters. The zero-order valence-corrected chi connectivity index (χ0v) is 10.9. The molecule has 0 amide bonds. The SMILES string of the molecule is CCCC[C@H](O)[C@@H](O)C1=C(Cl)CCC=C1Cl. The summed E-state index contributed by atoms with van der Waals surface area (Å²) in [6, 6.07) is 0. The van der Waals surface area contributed by atoms with Gasteiger partial charge in [0.25, 0.3) is 0 Å². The van der Waals surface area contributed by atoms with E-state index in [0.29, 0.717) is 28.5 Å². The van der Waals surface area contributed by atoms with Gasteiger partial charge in [0, 0.05) is 15.6 Å². The first-order valence-electron chi connectivity index (χ1n) is 5.68. The second-order valence-corrected chi connectivity index (χ2v) is 4.93. The van der Waals surface area contributed by atoms with Gasteiger partial charge in [0.2, 0.25) is 0 Å². The maximum absolute atomic E-state index is 9.99. The third-order valence-corrected chi connectivity index (χ3v) is 3.50. The average molecular weight is 265 g/mol. The van der Waals surface area contributed by atoms with Crippen molar-refractivity contribution < 1.29 is 10.2 Å². The molecule has 0 fully saturated rings. The van der Waals surface area contributed by atoms with Crippen molar-refractivity contribution in [1.29, 1.82) is 0 Å². The van der Waals surface area contributed by atoms with Crippen molar-refractivity contribution in [2.24, 2.45) is 0 Å². The molecule has 2 N–H and O–H groups in total. The molecule has 0 aliphatic heterocycles. The van der Waals surface area contributed by atoms with Crippen LogP contribution >= 0.6 is 23.2 Å². The molecular formula is C12H18Cl2O2. The van der Waals surface area contributed by atoms with Gasteiger partial charge >= 0.3 is 0 Å². The molecule has 0 aromatic carbocycles. The van der Waals surface area contributed by atoms with Crippen molar-refractivity contribution >= 4 is 23.2 Å². The van der Waals surface area contributed by atoms with E-state index in [2.05, 4.69) is 0 Å². The minimum Gasteiger partial charge on any atom is -0.390 e. The smallest absolute Gasteiger partial charge is 0.107 e. The highest BCUT2D eigenvalue weighted by molar-refractivity contribution is 6.36. The average Bonchev–Trinajstić information content (AvgIpc) is 2.25. The second-order valence-electron chi connectivity index (χ2n) is 4.06. The van der Waals surface area contributed by atoms with Crippen molar-refractivity contribution in [2.75, 3.05) is 0 Å². The number of halogens is 2. The van der Waals surface area contributed by atoms with Crippen LogP contribution in [0.15, 0.2) is 21.7 Å². The number of aliphatic hydroxyl groups excluding tert-OH is 2. The van der Waals surface area contributed by atoms with Gasteiger partial charge in [0.05, 0.1) is 6.10 Å². The van der Waals surface area contributed by atoms with Crippen LogP contribution in [-0.2, 0) is 0 Å². The third-order valence-electron chi connectivity index (χ3n) is 2.75. The van der Waals surface area contributed by atoms with E-state index in [9.17, 15) is 10.2 Å². The van der Waals surface area contributed by atoms with Gasteiger partial charge in [0.1, 0.15) is 6.10 Å². The van der Waals surface area contributed by atoms with Gasteiger partial charge in [-0.05, 0) is 19.3 Å². The lowest BCUT2D eigenvalue weighted by atomic mass is 9.95. The summed E-state index contributed by atoms with van der Waals surface area (Å²) in [5, 5.41) is 20.8. The quantitative estimate of drug-likeness (QED) is 0.800. The first kappa shape index (κ1) is 14.0. The monoisotopic (exact) mass is 264 g/mol.